The zero-order chi connectivity index (χ0) is 13.1. The molecule has 2 N–H and O–H groups in total. The van der Waals surface area contributed by atoms with Gasteiger partial charge >= 0.3 is 0 Å². The van der Waals surface area contributed by atoms with Crippen LogP contribution in [0.15, 0.2) is 18.2 Å². The fourth-order valence-corrected chi connectivity index (χ4v) is 2.08. The van der Waals surface area contributed by atoms with E-state index in [0.717, 1.165) is 12.8 Å². The number of hydrogen-bond donors (Lipinski definition) is 1. The van der Waals surface area contributed by atoms with Crippen LogP contribution in [0.25, 0.3) is 0 Å². The van der Waals surface area contributed by atoms with Gasteiger partial charge in [-0.05, 0) is 31.0 Å². The smallest absolute Gasteiger partial charge is 0.253 e. The van der Waals surface area contributed by atoms with Gasteiger partial charge in [0.15, 0.2) is 11.6 Å². The van der Waals surface area contributed by atoms with E-state index in [9.17, 15) is 9.18 Å². The van der Waals surface area contributed by atoms with Crippen molar-refractivity contribution >= 4 is 5.91 Å². The maximum Gasteiger partial charge on any atom is 0.253 e. The van der Waals surface area contributed by atoms with Gasteiger partial charge < -0.3 is 15.4 Å². The third-order valence-corrected chi connectivity index (χ3v) is 3.22. The van der Waals surface area contributed by atoms with E-state index in [-0.39, 0.29) is 17.7 Å². The number of benzene rings is 1. The first kappa shape index (κ1) is 12.8. The summed E-state index contributed by atoms with van der Waals surface area (Å²) in [6, 6.07) is 4.35. The highest BCUT2D eigenvalue weighted by Gasteiger charge is 2.22. The molecule has 98 valence electrons. The molecular weight excluding hydrogens is 235 g/mol. The highest BCUT2D eigenvalue weighted by atomic mass is 19.1. The number of halogens is 1. The summed E-state index contributed by atoms with van der Waals surface area (Å²) >= 11 is 0. The number of rotatable bonds is 2. The minimum atomic E-state index is -0.463. The predicted molar refractivity (Wildman–Crippen MR) is 66.1 cm³/mol. The molecular formula is C13H17FN2O2. The van der Waals surface area contributed by atoms with Gasteiger partial charge in [0.1, 0.15) is 0 Å². The van der Waals surface area contributed by atoms with Crippen LogP contribution in [0.4, 0.5) is 4.39 Å². The number of methoxy groups -OCH3 is 1. The van der Waals surface area contributed by atoms with E-state index in [1.54, 1.807) is 4.90 Å². The predicted octanol–water partition coefficient (Wildman–Crippen LogP) is 1.40. The molecule has 1 saturated heterocycles. The number of ether oxygens (including phenoxy) is 1. The Kier molecular flexibility index (Phi) is 3.81. The fraction of sp³-hybridized carbons (Fsp3) is 0.462. The van der Waals surface area contributed by atoms with Gasteiger partial charge in [-0.3, -0.25) is 4.79 Å². The third kappa shape index (κ3) is 2.61. The van der Waals surface area contributed by atoms with Gasteiger partial charge in [0, 0.05) is 24.7 Å². The zero-order valence-electron chi connectivity index (χ0n) is 10.4. The van der Waals surface area contributed by atoms with Crippen LogP contribution in [0.5, 0.6) is 5.75 Å². The molecule has 0 bridgehead atoms. The Morgan fingerprint density at radius 3 is 2.72 bits per heavy atom. The molecule has 0 aliphatic carbocycles. The average molecular weight is 252 g/mol. The molecule has 1 aromatic rings. The second-order valence-corrected chi connectivity index (χ2v) is 4.48. The fourth-order valence-electron chi connectivity index (χ4n) is 2.08. The van der Waals surface area contributed by atoms with Crippen molar-refractivity contribution in [1.82, 2.24) is 4.90 Å². The van der Waals surface area contributed by atoms with E-state index in [2.05, 4.69) is 0 Å². The highest BCUT2D eigenvalue weighted by molar-refractivity contribution is 5.94. The molecule has 1 fully saturated rings. The SMILES string of the molecule is COc1cc(C(=O)N2CCC(N)CC2)ccc1F. The van der Waals surface area contributed by atoms with Crippen molar-refractivity contribution < 1.29 is 13.9 Å². The summed E-state index contributed by atoms with van der Waals surface area (Å²) in [5, 5.41) is 0. The van der Waals surface area contributed by atoms with Crippen LogP contribution in [0.1, 0.15) is 23.2 Å². The molecule has 0 aromatic heterocycles. The largest absolute Gasteiger partial charge is 0.494 e. The first-order valence-corrected chi connectivity index (χ1v) is 6.00. The third-order valence-electron chi connectivity index (χ3n) is 3.22. The summed E-state index contributed by atoms with van der Waals surface area (Å²) in [5.74, 6) is -0.468. The Morgan fingerprint density at radius 2 is 2.11 bits per heavy atom. The van der Waals surface area contributed by atoms with E-state index in [0.29, 0.717) is 18.7 Å². The van der Waals surface area contributed by atoms with Gasteiger partial charge in [0.25, 0.3) is 5.91 Å². The Morgan fingerprint density at radius 1 is 1.44 bits per heavy atom. The van der Waals surface area contributed by atoms with Crippen molar-refractivity contribution in [2.24, 2.45) is 5.73 Å². The molecule has 4 nitrogen and oxygen atoms in total. The van der Waals surface area contributed by atoms with Crippen molar-refractivity contribution in [3.8, 4) is 5.75 Å². The van der Waals surface area contributed by atoms with E-state index in [1.165, 1.54) is 25.3 Å². The quantitative estimate of drug-likeness (QED) is 0.865. The summed E-state index contributed by atoms with van der Waals surface area (Å²) in [7, 11) is 1.38. The molecule has 5 heteroatoms. The minimum Gasteiger partial charge on any atom is -0.494 e. The number of nitrogens with two attached hydrogens (primary N) is 1. The molecule has 1 aromatic carbocycles. The Bertz CT molecular complexity index is 443. The number of nitrogens with zero attached hydrogens (tertiary/aromatic N) is 1. The molecule has 1 heterocycles. The number of carbonyl (C=O) groups is 1. The normalized spacial score (nSPS) is 16.7. The van der Waals surface area contributed by atoms with Crippen molar-refractivity contribution in [2.45, 2.75) is 18.9 Å². The molecule has 1 amide bonds. The molecule has 2 rings (SSSR count). The van der Waals surface area contributed by atoms with Crippen molar-refractivity contribution in [3.63, 3.8) is 0 Å². The van der Waals surface area contributed by atoms with E-state index < -0.39 is 5.82 Å². The summed E-state index contributed by atoms with van der Waals surface area (Å²) < 4.78 is 18.1. The number of carbonyl (C=O) groups excluding carboxylic acids is 1. The summed E-state index contributed by atoms with van der Waals surface area (Å²) in [6.07, 6.45) is 1.62. The van der Waals surface area contributed by atoms with Gasteiger partial charge in [-0.15, -0.1) is 0 Å². The van der Waals surface area contributed by atoms with Gasteiger partial charge in [-0.2, -0.15) is 0 Å². The van der Waals surface area contributed by atoms with Crippen LogP contribution in [-0.4, -0.2) is 37.0 Å². The molecule has 0 saturated carbocycles. The summed E-state index contributed by atoms with van der Waals surface area (Å²) in [4.78, 5) is 13.9. The first-order valence-electron chi connectivity index (χ1n) is 6.00. The van der Waals surface area contributed by atoms with Crippen LogP contribution in [-0.2, 0) is 0 Å². The van der Waals surface area contributed by atoms with Crippen LogP contribution < -0.4 is 10.5 Å². The summed E-state index contributed by atoms with van der Waals surface area (Å²) in [6.45, 7) is 1.30. The van der Waals surface area contributed by atoms with Crippen LogP contribution >= 0.6 is 0 Å². The Hall–Kier alpha value is -1.62. The first-order chi connectivity index (χ1) is 8.61. The van der Waals surface area contributed by atoms with Crippen LogP contribution in [0.2, 0.25) is 0 Å². The average Bonchev–Trinajstić information content (AvgIpc) is 2.39. The lowest BCUT2D eigenvalue weighted by Gasteiger charge is -2.30. The minimum absolute atomic E-state index is 0.0922. The number of likely N-dealkylation sites (tertiary alicyclic amines) is 1. The van der Waals surface area contributed by atoms with E-state index in [4.69, 9.17) is 10.5 Å². The number of hydrogen-bond acceptors (Lipinski definition) is 3. The highest BCUT2D eigenvalue weighted by Crippen LogP contribution is 2.20. The van der Waals surface area contributed by atoms with Crippen molar-refractivity contribution in [3.05, 3.63) is 29.6 Å². The standard InChI is InChI=1S/C13H17FN2O2/c1-18-12-8-9(2-3-11(12)14)13(17)16-6-4-10(15)5-7-16/h2-3,8,10H,4-7,15H2,1H3. The topological polar surface area (TPSA) is 55.6 Å². The lowest BCUT2D eigenvalue weighted by Crippen LogP contribution is -2.42. The van der Waals surface area contributed by atoms with Gasteiger partial charge in [0.05, 0.1) is 7.11 Å². The molecule has 0 spiro atoms. The van der Waals surface area contributed by atoms with E-state index in [1.807, 2.05) is 0 Å². The monoisotopic (exact) mass is 252 g/mol. The molecule has 18 heavy (non-hydrogen) atoms. The van der Waals surface area contributed by atoms with Gasteiger partial charge in [-0.25, -0.2) is 4.39 Å². The maximum absolute atomic E-state index is 13.3. The Labute approximate surface area is 106 Å². The van der Waals surface area contributed by atoms with Gasteiger partial charge in [-0.1, -0.05) is 0 Å². The van der Waals surface area contributed by atoms with Crippen LogP contribution in [0, 0.1) is 5.82 Å². The molecule has 0 radical (unpaired) electrons. The molecule has 0 unspecified atom stereocenters. The lowest BCUT2D eigenvalue weighted by atomic mass is 10.0. The molecule has 1 aliphatic rings. The van der Waals surface area contributed by atoms with E-state index >= 15 is 0 Å². The van der Waals surface area contributed by atoms with Crippen LogP contribution in [0.3, 0.4) is 0 Å². The maximum atomic E-state index is 13.3. The molecule has 1 aliphatic heterocycles. The molecule has 0 atom stereocenters. The van der Waals surface area contributed by atoms with Crippen molar-refractivity contribution in [2.75, 3.05) is 20.2 Å². The van der Waals surface area contributed by atoms with Gasteiger partial charge in [0.2, 0.25) is 0 Å². The second kappa shape index (κ2) is 5.35. The Balaban J connectivity index is 2.13. The van der Waals surface area contributed by atoms with Crippen molar-refractivity contribution in [1.29, 1.82) is 0 Å². The zero-order valence-corrected chi connectivity index (χ0v) is 10.4. The second-order valence-electron chi connectivity index (χ2n) is 4.48. The summed E-state index contributed by atoms with van der Waals surface area (Å²) in [5.41, 5.74) is 6.24. The lowest BCUT2D eigenvalue weighted by molar-refractivity contribution is 0.0714. The number of amides is 1. The number of piperidine rings is 1.